The van der Waals surface area contributed by atoms with Crippen LogP contribution in [-0.2, 0) is 0 Å². The molecule has 24 heavy (non-hydrogen) atoms. The van der Waals surface area contributed by atoms with Gasteiger partial charge >= 0.3 is 0 Å². The van der Waals surface area contributed by atoms with Crippen molar-refractivity contribution in [2.75, 3.05) is 0 Å². The van der Waals surface area contributed by atoms with Crippen molar-refractivity contribution in [1.82, 2.24) is 5.32 Å². The Morgan fingerprint density at radius 2 is 1.62 bits per heavy atom. The van der Waals surface area contributed by atoms with E-state index in [9.17, 15) is 18.7 Å². The third-order valence-corrected chi connectivity index (χ3v) is 4.02. The van der Waals surface area contributed by atoms with Gasteiger partial charge in [-0.3, -0.25) is 4.79 Å². The summed E-state index contributed by atoms with van der Waals surface area (Å²) >= 11 is 0. The summed E-state index contributed by atoms with van der Waals surface area (Å²) in [5.41, 5.74) is 3.53. The number of rotatable bonds is 4. The molecule has 0 aliphatic carbocycles. The Bertz CT molecular complexity index is 751. The maximum atomic E-state index is 13.3. The first-order chi connectivity index (χ1) is 11.2. The zero-order chi connectivity index (χ0) is 18.0. The van der Waals surface area contributed by atoms with Gasteiger partial charge in [-0.1, -0.05) is 23.8 Å². The van der Waals surface area contributed by atoms with Crippen LogP contribution in [0.1, 0.15) is 45.6 Å². The summed E-state index contributed by atoms with van der Waals surface area (Å²) in [6.07, 6.45) is -1.14. The Labute approximate surface area is 140 Å². The van der Waals surface area contributed by atoms with Gasteiger partial charge in [-0.05, 0) is 56.5 Å². The molecule has 2 aromatic carbocycles. The number of aliphatic hydroxyl groups excluding tert-OH is 1. The summed E-state index contributed by atoms with van der Waals surface area (Å²) in [5, 5.41) is 13.0. The first kappa shape index (κ1) is 18.1. The molecule has 0 fully saturated rings. The minimum Gasteiger partial charge on any atom is -0.386 e. The fraction of sp³-hybridized carbons (Fsp3) is 0.316. The lowest BCUT2D eigenvalue weighted by molar-refractivity contribution is 0.0850. The normalized spacial score (nSPS) is 13.5. The van der Waals surface area contributed by atoms with Crippen molar-refractivity contribution in [2.45, 2.75) is 39.8 Å². The average molecular weight is 333 g/mol. The van der Waals surface area contributed by atoms with E-state index in [0.29, 0.717) is 5.56 Å². The van der Waals surface area contributed by atoms with Gasteiger partial charge in [-0.2, -0.15) is 0 Å². The molecule has 0 radical (unpaired) electrons. The molecule has 0 aromatic heterocycles. The lowest BCUT2D eigenvalue weighted by Gasteiger charge is -2.22. The van der Waals surface area contributed by atoms with Gasteiger partial charge in [0.1, 0.15) is 0 Å². The Balaban J connectivity index is 2.18. The molecule has 2 atom stereocenters. The smallest absolute Gasteiger partial charge is 0.252 e. The third kappa shape index (κ3) is 3.79. The molecular weight excluding hydrogens is 312 g/mol. The van der Waals surface area contributed by atoms with Crippen LogP contribution in [-0.4, -0.2) is 17.1 Å². The highest BCUT2D eigenvalue weighted by atomic mass is 19.2. The van der Waals surface area contributed by atoms with E-state index >= 15 is 0 Å². The van der Waals surface area contributed by atoms with Gasteiger partial charge in [-0.25, -0.2) is 8.78 Å². The fourth-order valence-electron chi connectivity index (χ4n) is 2.88. The second-order valence-electron chi connectivity index (χ2n) is 6.15. The van der Waals surface area contributed by atoms with Gasteiger partial charge in [0.05, 0.1) is 12.1 Å². The lowest BCUT2D eigenvalue weighted by Crippen LogP contribution is -2.37. The summed E-state index contributed by atoms with van der Waals surface area (Å²) in [4.78, 5) is 12.5. The molecule has 2 unspecified atom stereocenters. The summed E-state index contributed by atoms with van der Waals surface area (Å²) < 4.78 is 26.3. The average Bonchev–Trinajstić information content (AvgIpc) is 2.48. The van der Waals surface area contributed by atoms with E-state index in [1.165, 1.54) is 6.07 Å². The van der Waals surface area contributed by atoms with Crippen molar-refractivity contribution < 1.29 is 18.7 Å². The quantitative estimate of drug-likeness (QED) is 0.895. The van der Waals surface area contributed by atoms with Gasteiger partial charge < -0.3 is 10.4 Å². The highest BCUT2D eigenvalue weighted by Crippen LogP contribution is 2.21. The van der Waals surface area contributed by atoms with Gasteiger partial charge in [0.25, 0.3) is 5.91 Å². The molecule has 2 rings (SSSR count). The molecule has 3 nitrogen and oxygen atoms in total. The topological polar surface area (TPSA) is 49.3 Å². The molecule has 2 aromatic rings. The second kappa shape index (κ2) is 7.09. The Morgan fingerprint density at radius 1 is 1.04 bits per heavy atom. The summed E-state index contributed by atoms with van der Waals surface area (Å²) in [6, 6.07) is 6.36. The maximum absolute atomic E-state index is 13.3. The largest absolute Gasteiger partial charge is 0.386 e. The predicted octanol–water partition coefficient (Wildman–Crippen LogP) is 3.74. The van der Waals surface area contributed by atoms with Crippen LogP contribution in [0.4, 0.5) is 8.78 Å². The number of hydrogen-bond acceptors (Lipinski definition) is 2. The van der Waals surface area contributed by atoms with E-state index in [4.69, 9.17) is 0 Å². The van der Waals surface area contributed by atoms with Crippen LogP contribution >= 0.6 is 0 Å². The molecular formula is C19H21F2NO2. The molecule has 0 saturated carbocycles. The number of carbonyl (C=O) groups excluding carboxylic acids is 1. The van der Waals surface area contributed by atoms with Crippen molar-refractivity contribution >= 4 is 5.91 Å². The second-order valence-corrected chi connectivity index (χ2v) is 6.15. The van der Waals surface area contributed by atoms with E-state index in [1.54, 1.807) is 6.92 Å². The number of carbonyl (C=O) groups is 1. The molecule has 0 heterocycles. The number of aryl methyl sites for hydroxylation is 3. The zero-order valence-corrected chi connectivity index (χ0v) is 14.2. The van der Waals surface area contributed by atoms with Crippen LogP contribution < -0.4 is 5.32 Å². The van der Waals surface area contributed by atoms with E-state index in [-0.39, 0.29) is 11.5 Å². The van der Waals surface area contributed by atoms with E-state index < -0.39 is 23.8 Å². The minimum atomic E-state index is -1.14. The first-order valence-electron chi connectivity index (χ1n) is 7.72. The standard InChI is InChI=1S/C19H21F2NO2/c1-10-7-11(2)17(12(3)8-10)19(24)22-13(4)18(23)14-5-6-15(20)16(21)9-14/h5-9,13,18,23H,1-4H3,(H,22,24). The molecule has 0 aliphatic heterocycles. The number of nitrogens with one attached hydrogen (secondary N) is 1. The summed E-state index contributed by atoms with van der Waals surface area (Å²) in [5.74, 6) is -2.32. The van der Waals surface area contributed by atoms with Crippen molar-refractivity contribution in [3.05, 3.63) is 69.8 Å². The molecule has 128 valence electrons. The zero-order valence-electron chi connectivity index (χ0n) is 14.2. The molecule has 0 spiro atoms. The lowest BCUT2D eigenvalue weighted by atomic mass is 9.98. The number of hydrogen-bond donors (Lipinski definition) is 2. The molecule has 2 N–H and O–H groups in total. The SMILES string of the molecule is Cc1cc(C)c(C(=O)NC(C)C(O)c2ccc(F)c(F)c2)c(C)c1. The van der Waals surface area contributed by atoms with Crippen molar-refractivity contribution in [2.24, 2.45) is 0 Å². The van der Waals surface area contributed by atoms with Crippen molar-refractivity contribution in [3.63, 3.8) is 0 Å². The molecule has 1 amide bonds. The van der Waals surface area contributed by atoms with Crippen LogP contribution in [0.25, 0.3) is 0 Å². The fourth-order valence-corrected chi connectivity index (χ4v) is 2.88. The third-order valence-electron chi connectivity index (χ3n) is 4.02. The van der Waals surface area contributed by atoms with Crippen molar-refractivity contribution in [1.29, 1.82) is 0 Å². The van der Waals surface area contributed by atoms with E-state index in [2.05, 4.69) is 5.32 Å². The predicted molar refractivity (Wildman–Crippen MR) is 88.9 cm³/mol. The van der Waals surface area contributed by atoms with Crippen LogP contribution in [0.2, 0.25) is 0 Å². The highest BCUT2D eigenvalue weighted by molar-refractivity contribution is 5.97. The summed E-state index contributed by atoms with van der Waals surface area (Å²) in [6.45, 7) is 7.27. The number of benzene rings is 2. The monoisotopic (exact) mass is 333 g/mol. The Hall–Kier alpha value is -2.27. The summed E-state index contributed by atoms with van der Waals surface area (Å²) in [7, 11) is 0. The molecule has 5 heteroatoms. The van der Waals surface area contributed by atoms with Gasteiger partial charge in [0.2, 0.25) is 0 Å². The Kier molecular flexibility index (Phi) is 5.34. The molecule has 0 saturated heterocycles. The minimum absolute atomic E-state index is 0.207. The number of amides is 1. The molecule has 0 aliphatic rings. The van der Waals surface area contributed by atoms with E-state index in [1.807, 2.05) is 32.9 Å². The molecule has 0 bridgehead atoms. The van der Waals surface area contributed by atoms with Gasteiger partial charge in [-0.15, -0.1) is 0 Å². The van der Waals surface area contributed by atoms with Crippen LogP contribution in [0.15, 0.2) is 30.3 Å². The Morgan fingerprint density at radius 3 is 2.17 bits per heavy atom. The highest BCUT2D eigenvalue weighted by Gasteiger charge is 2.22. The number of aliphatic hydroxyl groups is 1. The van der Waals surface area contributed by atoms with E-state index in [0.717, 1.165) is 28.8 Å². The maximum Gasteiger partial charge on any atom is 0.252 e. The van der Waals surface area contributed by atoms with Gasteiger partial charge in [0, 0.05) is 5.56 Å². The van der Waals surface area contributed by atoms with Gasteiger partial charge in [0.15, 0.2) is 11.6 Å². The van der Waals surface area contributed by atoms with Crippen molar-refractivity contribution in [3.8, 4) is 0 Å². The van der Waals surface area contributed by atoms with Crippen LogP contribution in [0, 0.1) is 32.4 Å². The van der Waals surface area contributed by atoms with Crippen LogP contribution in [0.3, 0.4) is 0 Å². The number of halogens is 2. The van der Waals surface area contributed by atoms with Crippen LogP contribution in [0.5, 0.6) is 0 Å². The first-order valence-corrected chi connectivity index (χ1v) is 7.72.